The molecule has 0 bridgehead atoms. The van der Waals surface area contributed by atoms with Crippen LogP contribution in [0, 0.1) is 11.3 Å². The minimum Gasteiger partial charge on any atom is -0.493 e. The summed E-state index contributed by atoms with van der Waals surface area (Å²) >= 11 is 1.47. The van der Waals surface area contributed by atoms with E-state index < -0.39 is 0 Å². The molecule has 130 valence electrons. The average molecular weight is 356 g/mol. The third kappa shape index (κ3) is 3.69. The molecule has 0 saturated heterocycles. The molecule has 0 unspecified atom stereocenters. The lowest BCUT2D eigenvalue weighted by molar-refractivity contribution is 0.442. The number of pyridine rings is 1. The third-order valence-corrected chi connectivity index (χ3v) is 5.28. The van der Waals surface area contributed by atoms with Crippen LogP contribution in [0.4, 0.5) is 0 Å². The van der Waals surface area contributed by atoms with E-state index in [0.29, 0.717) is 17.1 Å². The van der Waals surface area contributed by atoms with Gasteiger partial charge in [0, 0.05) is 17.7 Å². The van der Waals surface area contributed by atoms with E-state index in [9.17, 15) is 15.5 Å². The number of thioether (sulfide) groups is 1. The first-order valence-electron chi connectivity index (χ1n) is 8.34. The van der Waals surface area contributed by atoms with E-state index >= 15 is 0 Å². The van der Waals surface area contributed by atoms with E-state index in [1.54, 1.807) is 6.07 Å². The van der Waals surface area contributed by atoms with Gasteiger partial charge in [-0.3, -0.25) is 0 Å². The van der Waals surface area contributed by atoms with Crippen molar-refractivity contribution in [2.75, 3.05) is 0 Å². The highest BCUT2D eigenvalue weighted by atomic mass is 32.2. The molecule has 1 aliphatic rings. The minimum atomic E-state index is -0.195. The Morgan fingerprint density at radius 3 is 2.56 bits per heavy atom. The van der Waals surface area contributed by atoms with E-state index in [-0.39, 0.29) is 17.7 Å². The Hall–Kier alpha value is -2.33. The number of fused-ring (bicyclic) bond motifs is 1. The van der Waals surface area contributed by atoms with E-state index in [1.807, 2.05) is 13.8 Å². The van der Waals surface area contributed by atoms with Gasteiger partial charge in [-0.1, -0.05) is 25.6 Å². The van der Waals surface area contributed by atoms with Crippen LogP contribution in [0.5, 0.6) is 11.8 Å². The summed E-state index contributed by atoms with van der Waals surface area (Å²) in [5.41, 5.74) is 3.02. The number of aromatic hydroxyl groups is 2. The zero-order chi connectivity index (χ0) is 18.0. The van der Waals surface area contributed by atoms with Gasteiger partial charge in [-0.25, -0.2) is 9.97 Å². The van der Waals surface area contributed by atoms with Crippen LogP contribution in [0.2, 0.25) is 0 Å². The van der Waals surface area contributed by atoms with Crippen molar-refractivity contribution in [2.24, 2.45) is 0 Å². The molecule has 2 aromatic rings. The summed E-state index contributed by atoms with van der Waals surface area (Å²) in [4.78, 5) is 12.8. The molecule has 6 nitrogen and oxygen atoms in total. The fourth-order valence-electron chi connectivity index (χ4n) is 2.99. The molecule has 0 spiro atoms. The summed E-state index contributed by atoms with van der Waals surface area (Å²) in [7, 11) is 0. The van der Waals surface area contributed by atoms with Crippen LogP contribution in [0.1, 0.15) is 60.8 Å². The van der Waals surface area contributed by atoms with Crippen molar-refractivity contribution in [2.45, 2.75) is 56.2 Å². The van der Waals surface area contributed by atoms with Crippen molar-refractivity contribution in [3.63, 3.8) is 0 Å². The SMILES string of the molecule is CC(C)c1nc(O)cc(CSc2nc(O)c(C#N)c3c2CCCC3)n1. The van der Waals surface area contributed by atoms with Gasteiger partial charge in [0.2, 0.25) is 11.8 Å². The first-order valence-corrected chi connectivity index (χ1v) is 9.32. The topological polar surface area (TPSA) is 103 Å². The molecule has 0 aliphatic heterocycles. The Morgan fingerprint density at radius 2 is 1.88 bits per heavy atom. The highest BCUT2D eigenvalue weighted by Crippen LogP contribution is 2.36. The molecule has 2 N–H and O–H groups in total. The maximum atomic E-state index is 10.1. The molecular weight excluding hydrogens is 336 g/mol. The van der Waals surface area contributed by atoms with Crippen molar-refractivity contribution in [3.05, 3.63) is 34.3 Å². The van der Waals surface area contributed by atoms with Gasteiger partial charge in [-0.05, 0) is 36.8 Å². The second-order valence-electron chi connectivity index (χ2n) is 6.41. The van der Waals surface area contributed by atoms with Gasteiger partial charge in [0.05, 0.1) is 5.69 Å². The summed E-state index contributed by atoms with van der Waals surface area (Å²) in [6, 6.07) is 3.63. The molecule has 0 fully saturated rings. The van der Waals surface area contributed by atoms with E-state index in [0.717, 1.165) is 47.5 Å². The molecule has 0 atom stereocenters. The predicted octanol–water partition coefficient (Wildman–Crippen LogP) is 3.45. The van der Waals surface area contributed by atoms with Gasteiger partial charge < -0.3 is 10.2 Å². The van der Waals surface area contributed by atoms with Crippen LogP contribution < -0.4 is 0 Å². The lowest BCUT2D eigenvalue weighted by Crippen LogP contribution is -2.09. The van der Waals surface area contributed by atoms with Gasteiger partial charge >= 0.3 is 0 Å². The molecule has 7 heteroatoms. The van der Waals surface area contributed by atoms with E-state index in [4.69, 9.17) is 0 Å². The number of aromatic nitrogens is 3. The molecule has 0 radical (unpaired) electrons. The summed E-state index contributed by atoms with van der Waals surface area (Å²) in [5, 5.41) is 29.9. The van der Waals surface area contributed by atoms with Gasteiger partial charge in [0.1, 0.15) is 22.5 Å². The van der Waals surface area contributed by atoms with Gasteiger partial charge in [-0.2, -0.15) is 10.2 Å². The standard InChI is InChI=1S/C18H20N4O2S/c1-10(2)16-20-11(7-15(23)21-16)9-25-18-13-6-4-3-5-12(13)14(8-19)17(24)22-18/h7,10H,3-6,9H2,1-2H3,(H,22,24)(H,20,21,23). The fraction of sp³-hybridized carbons (Fsp3) is 0.444. The number of rotatable bonds is 4. The largest absolute Gasteiger partial charge is 0.493 e. The van der Waals surface area contributed by atoms with Crippen LogP contribution in [0.25, 0.3) is 0 Å². The zero-order valence-electron chi connectivity index (χ0n) is 14.3. The highest BCUT2D eigenvalue weighted by Gasteiger charge is 2.22. The molecular formula is C18H20N4O2S. The lowest BCUT2D eigenvalue weighted by Gasteiger charge is -2.20. The lowest BCUT2D eigenvalue weighted by atomic mass is 9.90. The van der Waals surface area contributed by atoms with Gasteiger partial charge in [0.25, 0.3) is 0 Å². The molecule has 0 amide bonds. The number of nitrogens with zero attached hydrogens (tertiary/aromatic N) is 4. The maximum Gasteiger partial charge on any atom is 0.230 e. The summed E-state index contributed by atoms with van der Waals surface area (Å²) in [6.45, 7) is 3.95. The molecule has 25 heavy (non-hydrogen) atoms. The van der Waals surface area contributed by atoms with Crippen molar-refractivity contribution in [1.82, 2.24) is 15.0 Å². The quantitative estimate of drug-likeness (QED) is 0.809. The smallest absolute Gasteiger partial charge is 0.230 e. The second-order valence-corrected chi connectivity index (χ2v) is 7.37. The molecule has 3 rings (SSSR count). The number of hydrogen-bond donors (Lipinski definition) is 2. The van der Waals surface area contributed by atoms with Crippen molar-refractivity contribution >= 4 is 11.8 Å². The summed E-state index contributed by atoms with van der Waals surface area (Å²) < 4.78 is 0. The predicted molar refractivity (Wildman–Crippen MR) is 94.6 cm³/mol. The Balaban J connectivity index is 1.90. The second kappa shape index (κ2) is 7.28. The van der Waals surface area contributed by atoms with Gasteiger partial charge in [-0.15, -0.1) is 0 Å². The van der Waals surface area contributed by atoms with E-state index in [2.05, 4.69) is 21.0 Å². The Morgan fingerprint density at radius 1 is 1.16 bits per heavy atom. The molecule has 1 aliphatic carbocycles. The first-order chi connectivity index (χ1) is 12.0. The third-order valence-electron chi connectivity index (χ3n) is 4.23. The Labute approximate surface area is 151 Å². The maximum absolute atomic E-state index is 10.1. The van der Waals surface area contributed by atoms with Crippen LogP contribution in [-0.2, 0) is 18.6 Å². The van der Waals surface area contributed by atoms with E-state index in [1.165, 1.54) is 11.8 Å². The van der Waals surface area contributed by atoms with Gasteiger partial charge in [0.15, 0.2) is 0 Å². The Kier molecular flexibility index (Phi) is 5.09. The van der Waals surface area contributed by atoms with Crippen molar-refractivity contribution < 1.29 is 10.2 Å². The number of nitriles is 1. The van der Waals surface area contributed by atoms with Crippen LogP contribution in [0.15, 0.2) is 11.1 Å². The first kappa shape index (κ1) is 17.5. The molecule has 2 aromatic heterocycles. The summed E-state index contributed by atoms with van der Waals surface area (Å²) in [5.74, 6) is 1.01. The summed E-state index contributed by atoms with van der Waals surface area (Å²) in [6.07, 6.45) is 3.75. The monoisotopic (exact) mass is 356 g/mol. The Bertz CT molecular complexity index is 846. The molecule has 0 saturated carbocycles. The van der Waals surface area contributed by atoms with Crippen LogP contribution >= 0.6 is 11.8 Å². The van der Waals surface area contributed by atoms with Crippen LogP contribution in [-0.4, -0.2) is 25.2 Å². The molecule has 2 heterocycles. The zero-order valence-corrected chi connectivity index (χ0v) is 15.1. The normalized spacial score (nSPS) is 13.5. The molecule has 0 aromatic carbocycles. The highest BCUT2D eigenvalue weighted by molar-refractivity contribution is 7.98. The number of hydrogen-bond acceptors (Lipinski definition) is 7. The van der Waals surface area contributed by atoms with Crippen LogP contribution in [0.3, 0.4) is 0 Å². The van der Waals surface area contributed by atoms with Crippen molar-refractivity contribution in [3.8, 4) is 17.8 Å². The van der Waals surface area contributed by atoms with Crippen molar-refractivity contribution in [1.29, 1.82) is 5.26 Å². The minimum absolute atomic E-state index is 0.0352. The average Bonchev–Trinajstić information content (AvgIpc) is 2.59. The fourth-order valence-corrected chi connectivity index (χ4v) is 3.97.